The quantitative estimate of drug-likeness (QED) is 0.903. The number of nitrogens with two attached hydrogens (primary N) is 1. The number of hydrogen-bond acceptors (Lipinski definition) is 2. The number of carbonyl (C=O) groups is 1. The van der Waals surface area contributed by atoms with Crippen molar-refractivity contribution in [2.75, 3.05) is 0 Å². The van der Waals surface area contributed by atoms with Crippen LogP contribution in [0.3, 0.4) is 0 Å². The maximum atomic E-state index is 12.3. The lowest BCUT2D eigenvalue weighted by Gasteiger charge is -2.16. The lowest BCUT2D eigenvalue weighted by molar-refractivity contribution is 0.0940. The van der Waals surface area contributed by atoms with Gasteiger partial charge in [0.1, 0.15) is 0 Å². The van der Waals surface area contributed by atoms with E-state index in [1.165, 1.54) is 11.1 Å². The molecule has 0 saturated carbocycles. The van der Waals surface area contributed by atoms with E-state index in [0.29, 0.717) is 12.1 Å². The van der Waals surface area contributed by atoms with Crippen LogP contribution in [0.4, 0.5) is 0 Å². The molecule has 0 heterocycles. The molecular formula is C18H23ClN2O. The zero-order valence-electron chi connectivity index (χ0n) is 13.2. The molecule has 0 fully saturated rings. The summed E-state index contributed by atoms with van der Waals surface area (Å²) < 4.78 is 0. The van der Waals surface area contributed by atoms with Crippen LogP contribution in [0.5, 0.6) is 0 Å². The van der Waals surface area contributed by atoms with E-state index in [4.69, 9.17) is 5.73 Å². The number of hydrogen-bond donors (Lipinski definition) is 2. The van der Waals surface area contributed by atoms with Crippen molar-refractivity contribution < 1.29 is 4.79 Å². The molecule has 0 aliphatic heterocycles. The molecule has 118 valence electrons. The molecule has 0 aliphatic rings. The Morgan fingerprint density at radius 3 is 2.14 bits per heavy atom. The first kappa shape index (κ1) is 18.2. The van der Waals surface area contributed by atoms with Gasteiger partial charge in [0.2, 0.25) is 0 Å². The molecule has 3 nitrogen and oxygen atoms in total. The van der Waals surface area contributed by atoms with E-state index >= 15 is 0 Å². The Morgan fingerprint density at radius 1 is 1.09 bits per heavy atom. The predicted molar refractivity (Wildman–Crippen MR) is 93.4 cm³/mol. The number of rotatable bonds is 4. The molecule has 2 rings (SSSR count). The van der Waals surface area contributed by atoms with Crippen molar-refractivity contribution in [3.05, 3.63) is 70.3 Å². The number of nitrogens with one attached hydrogen (secondary N) is 1. The molecular weight excluding hydrogens is 296 g/mol. The fraction of sp³-hybridized carbons (Fsp3) is 0.278. The molecule has 4 heteroatoms. The first-order chi connectivity index (χ1) is 9.99. The van der Waals surface area contributed by atoms with Crippen LogP contribution in [-0.2, 0) is 6.54 Å². The van der Waals surface area contributed by atoms with Crippen LogP contribution in [0.25, 0.3) is 0 Å². The third-order valence-electron chi connectivity index (χ3n) is 3.54. The van der Waals surface area contributed by atoms with Gasteiger partial charge in [-0.25, -0.2) is 0 Å². The first-order valence-corrected chi connectivity index (χ1v) is 7.17. The van der Waals surface area contributed by atoms with E-state index in [1.807, 2.05) is 31.2 Å². The average molecular weight is 319 g/mol. The highest BCUT2D eigenvalue weighted by molar-refractivity contribution is 5.94. The van der Waals surface area contributed by atoms with Gasteiger partial charge in [-0.2, -0.15) is 0 Å². The molecule has 2 aromatic rings. The van der Waals surface area contributed by atoms with Gasteiger partial charge in [-0.15, -0.1) is 12.4 Å². The Morgan fingerprint density at radius 2 is 1.64 bits per heavy atom. The summed E-state index contributed by atoms with van der Waals surface area (Å²) >= 11 is 0. The molecule has 1 atom stereocenters. The fourth-order valence-electron chi connectivity index (χ4n) is 2.42. The second-order valence-electron chi connectivity index (χ2n) is 5.52. The van der Waals surface area contributed by atoms with Crippen molar-refractivity contribution in [1.82, 2.24) is 5.32 Å². The average Bonchev–Trinajstić information content (AvgIpc) is 2.46. The zero-order valence-corrected chi connectivity index (χ0v) is 14.0. The third kappa shape index (κ3) is 4.58. The zero-order chi connectivity index (χ0) is 15.4. The second kappa shape index (κ2) is 7.97. The smallest absolute Gasteiger partial charge is 0.251 e. The van der Waals surface area contributed by atoms with Crippen LogP contribution in [0.15, 0.2) is 42.5 Å². The Balaban J connectivity index is 0.00000242. The largest absolute Gasteiger partial charge is 0.346 e. The van der Waals surface area contributed by atoms with Crippen LogP contribution in [0.2, 0.25) is 0 Å². The van der Waals surface area contributed by atoms with Gasteiger partial charge in [0.05, 0.1) is 6.04 Å². The highest BCUT2D eigenvalue weighted by Gasteiger charge is 2.12. The van der Waals surface area contributed by atoms with Gasteiger partial charge in [0.15, 0.2) is 0 Å². The molecule has 3 N–H and O–H groups in total. The van der Waals surface area contributed by atoms with E-state index < -0.39 is 0 Å². The normalized spacial score (nSPS) is 11.5. The monoisotopic (exact) mass is 318 g/mol. The summed E-state index contributed by atoms with van der Waals surface area (Å²) in [5, 5.41) is 3.03. The number of amides is 1. The maximum absolute atomic E-state index is 12.3. The highest BCUT2D eigenvalue weighted by Crippen LogP contribution is 2.17. The molecule has 0 aromatic heterocycles. The van der Waals surface area contributed by atoms with Crippen molar-refractivity contribution in [3.63, 3.8) is 0 Å². The van der Waals surface area contributed by atoms with E-state index in [9.17, 15) is 4.79 Å². The van der Waals surface area contributed by atoms with Gasteiger partial charge in [0.25, 0.3) is 5.91 Å². The minimum atomic E-state index is -0.0646. The van der Waals surface area contributed by atoms with Gasteiger partial charge >= 0.3 is 0 Å². The van der Waals surface area contributed by atoms with Gasteiger partial charge in [-0.3, -0.25) is 4.79 Å². The van der Waals surface area contributed by atoms with E-state index in [-0.39, 0.29) is 24.4 Å². The standard InChI is InChI=1S/C18H22N2O.ClH/c1-12-8-13(2)10-17(9-12)14(3)20-18(21)16-6-4-15(11-19)5-7-16;/h4-10,14H,11,19H2,1-3H3,(H,20,21);1H. The van der Waals surface area contributed by atoms with Crippen LogP contribution >= 0.6 is 12.4 Å². The molecule has 2 aromatic carbocycles. The lowest BCUT2D eigenvalue weighted by Crippen LogP contribution is -2.26. The number of benzene rings is 2. The second-order valence-corrected chi connectivity index (χ2v) is 5.52. The summed E-state index contributed by atoms with van der Waals surface area (Å²) in [6.45, 7) is 6.62. The Labute approximate surface area is 138 Å². The molecule has 1 unspecified atom stereocenters. The molecule has 0 radical (unpaired) electrons. The summed E-state index contributed by atoms with van der Waals surface area (Å²) in [6.07, 6.45) is 0. The summed E-state index contributed by atoms with van der Waals surface area (Å²) in [4.78, 5) is 12.3. The molecule has 22 heavy (non-hydrogen) atoms. The Kier molecular flexibility index (Phi) is 6.60. The maximum Gasteiger partial charge on any atom is 0.251 e. The van der Waals surface area contributed by atoms with Crippen molar-refractivity contribution >= 4 is 18.3 Å². The minimum Gasteiger partial charge on any atom is -0.346 e. The SMILES string of the molecule is Cc1cc(C)cc(C(C)NC(=O)c2ccc(CN)cc2)c1.Cl. The van der Waals surface area contributed by atoms with Crippen LogP contribution in [-0.4, -0.2) is 5.91 Å². The summed E-state index contributed by atoms with van der Waals surface area (Å²) in [7, 11) is 0. The van der Waals surface area contributed by atoms with Gasteiger partial charge < -0.3 is 11.1 Å². The van der Waals surface area contributed by atoms with E-state index in [0.717, 1.165) is 11.1 Å². The van der Waals surface area contributed by atoms with Crippen LogP contribution in [0, 0.1) is 13.8 Å². The summed E-state index contributed by atoms with van der Waals surface area (Å²) in [5.41, 5.74) is 10.8. The van der Waals surface area contributed by atoms with Crippen molar-refractivity contribution in [2.24, 2.45) is 5.73 Å². The van der Waals surface area contributed by atoms with Gasteiger partial charge in [-0.1, -0.05) is 41.5 Å². The van der Waals surface area contributed by atoms with E-state index in [1.54, 1.807) is 0 Å². The van der Waals surface area contributed by atoms with Crippen LogP contribution < -0.4 is 11.1 Å². The molecule has 0 saturated heterocycles. The van der Waals surface area contributed by atoms with Crippen LogP contribution in [0.1, 0.15) is 45.6 Å². The first-order valence-electron chi connectivity index (χ1n) is 7.17. The minimum absolute atomic E-state index is 0. The van der Waals surface area contributed by atoms with Gasteiger partial charge in [-0.05, 0) is 44.0 Å². The topological polar surface area (TPSA) is 55.1 Å². The highest BCUT2D eigenvalue weighted by atomic mass is 35.5. The number of halogens is 1. The fourth-order valence-corrected chi connectivity index (χ4v) is 2.42. The number of aryl methyl sites for hydroxylation is 2. The van der Waals surface area contributed by atoms with Gasteiger partial charge in [0, 0.05) is 12.1 Å². The third-order valence-corrected chi connectivity index (χ3v) is 3.54. The van der Waals surface area contributed by atoms with Crippen molar-refractivity contribution in [2.45, 2.75) is 33.4 Å². The molecule has 1 amide bonds. The lowest BCUT2D eigenvalue weighted by atomic mass is 10.0. The predicted octanol–water partition coefficient (Wildman–Crippen LogP) is 3.67. The van der Waals surface area contributed by atoms with E-state index in [2.05, 4.69) is 37.4 Å². The molecule has 0 aliphatic carbocycles. The van der Waals surface area contributed by atoms with Crippen molar-refractivity contribution in [1.29, 1.82) is 0 Å². The number of carbonyl (C=O) groups excluding carboxylic acids is 1. The molecule has 0 spiro atoms. The van der Waals surface area contributed by atoms with Crippen molar-refractivity contribution in [3.8, 4) is 0 Å². The summed E-state index contributed by atoms with van der Waals surface area (Å²) in [6, 6.07) is 13.7. The Bertz CT molecular complexity index is 618. The molecule has 0 bridgehead atoms. The summed E-state index contributed by atoms with van der Waals surface area (Å²) in [5.74, 6) is -0.0646. The Hall–Kier alpha value is -1.84.